The molecule has 0 fully saturated rings. The third kappa shape index (κ3) is 3.43. The summed E-state index contributed by atoms with van der Waals surface area (Å²) in [5.74, 6) is 2.73. The highest BCUT2D eigenvalue weighted by atomic mass is 32.2. The highest BCUT2D eigenvalue weighted by molar-refractivity contribution is 7.98. The maximum absolute atomic E-state index is 5.56. The Bertz CT molecular complexity index is 186. The minimum atomic E-state index is 0.253. The lowest BCUT2D eigenvalue weighted by atomic mass is 10.4. The molecular weight excluding hydrogens is 160 g/mol. The Morgan fingerprint density at radius 1 is 1.82 bits per heavy atom. The molecule has 0 aromatic carbocycles. The fourth-order valence-electron chi connectivity index (χ4n) is 0.662. The highest BCUT2D eigenvalue weighted by Gasteiger charge is 1.98. The van der Waals surface area contributed by atoms with Crippen LogP contribution in [0.5, 0.6) is 0 Å². The van der Waals surface area contributed by atoms with E-state index in [2.05, 4.69) is 5.16 Å². The van der Waals surface area contributed by atoms with Crippen LogP contribution in [0.1, 0.15) is 12.7 Å². The molecule has 0 spiro atoms. The summed E-state index contributed by atoms with van der Waals surface area (Å²) in [5.41, 5.74) is 5.56. The van der Waals surface area contributed by atoms with E-state index in [-0.39, 0.29) is 6.04 Å². The molecule has 2 N–H and O–H groups in total. The van der Waals surface area contributed by atoms with Crippen LogP contribution in [-0.4, -0.2) is 17.0 Å². The lowest BCUT2D eigenvalue weighted by molar-refractivity contribution is 0.395. The fraction of sp³-hybridized carbons (Fsp3) is 0.571. The molecule has 0 aliphatic carbocycles. The van der Waals surface area contributed by atoms with Crippen LogP contribution in [-0.2, 0) is 5.75 Å². The summed E-state index contributed by atoms with van der Waals surface area (Å²) in [7, 11) is 0. The van der Waals surface area contributed by atoms with Crippen molar-refractivity contribution in [3.05, 3.63) is 18.0 Å². The predicted molar refractivity (Wildman–Crippen MR) is 46.3 cm³/mol. The average Bonchev–Trinajstić information content (AvgIpc) is 2.39. The van der Waals surface area contributed by atoms with Gasteiger partial charge in [0.1, 0.15) is 5.76 Å². The molecule has 1 rings (SSSR count). The van der Waals surface area contributed by atoms with Gasteiger partial charge in [0.05, 0.1) is 11.9 Å². The van der Waals surface area contributed by atoms with E-state index in [0.29, 0.717) is 0 Å². The van der Waals surface area contributed by atoms with Crippen LogP contribution in [0.25, 0.3) is 0 Å². The minimum absolute atomic E-state index is 0.253. The topological polar surface area (TPSA) is 52.0 Å². The monoisotopic (exact) mass is 172 g/mol. The van der Waals surface area contributed by atoms with Crippen molar-refractivity contribution in [3.8, 4) is 0 Å². The van der Waals surface area contributed by atoms with Crippen molar-refractivity contribution in [1.29, 1.82) is 0 Å². The van der Waals surface area contributed by atoms with Crippen LogP contribution < -0.4 is 5.73 Å². The Morgan fingerprint density at radius 2 is 2.64 bits per heavy atom. The molecule has 4 heteroatoms. The molecule has 0 bridgehead atoms. The molecule has 0 radical (unpaired) electrons. The molecule has 0 saturated heterocycles. The fourth-order valence-corrected chi connectivity index (χ4v) is 1.50. The Labute approximate surface area is 70.3 Å². The van der Waals surface area contributed by atoms with E-state index < -0.39 is 0 Å². The first kappa shape index (κ1) is 8.62. The number of rotatable bonds is 4. The lowest BCUT2D eigenvalue weighted by Gasteiger charge is -2.01. The number of nitrogens with zero attached hydrogens (tertiary/aromatic N) is 1. The van der Waals surface area contributed by atoms with E-state index in [1.807, 2.05) is 13.0 Å². The molecule has 11 heavy (non-hydrogen) atoms. The Hall–Kier alpha value is -0.480. The lowest BCUT2D eigenvalue weighted by Crippen LogP contribution is -2.17. The van der Waals surface area contributed by atoms with Crippen LogP contribution in [0.4, 0.5) is 0 Å². The molecule has 62 valence electrons. The molecule has 0 saturated carbocycles. The zero-order valence-electron chi connectivity index (χ0n) is 6.49. The average molecular weight is 172 g/mol. The molecular formula is C7H12N2OS. The summed E-state index contributed by atoms with van der Waals surface area (Å²) in [6.45, 7) is 1.99. The van der Waals surface area contributed by atoms with Gasteiger partial charge in [-0.1, -0.05) is 5.16 Å². The molecule has 3 nitrogen and oxygen atoms in total. The van der Waals surface area contributed by atoms with Crippen LogP contribution in [0, 0.1) is 0 Å². The van der Waals surface area contributed by atoms with Gasteiger partial charge in [-0.15, -0.1) is 0 Å². The second-order valence-corrected chi connectivity index (χ2v) is 3.50. The van der Waals surface area contributed by atoms with Crippen molar-refractivity contribution in [2.75, 3.05) is 5.75 Å². The Morgan fingerprint density at radius 3 is 3.18 bits per heavy atom. The smallest absolute Gasteiger partial charge is 0.146 e. The zero-order chi connectivity index (χ0) is 8.10. The van der Waals surface area contributed by atoms with E-state index >= 15 is 0 Å². The van der Waals surface area contributed by atoms with Crippen LogP contribution in [0.15, 0.2) is 16.8 Å². The molecule has 0 aliphatic rings. The highest BCUT2D eigenvalue weighted by Crippen LogP contribution is 2.11. The number of thioether (sulfide) groups is 1. The zero-order valence-corrected chi connectivity index (χ0v) is 7.30. The number of aromatic nitrogens is 1. The van der Waals surface area contributed by atoms with E-state index in [0.717, 1.165) is 17.3 Å². The molecule has 1 unspecified atom stereocenters. The molecule has 1 aromatic heterocycles. The largest absolute Gasteiger partial charge is 0.361 e. The second-order valence-electron chi connectivity index (χ2n) is 2.47. The molecule has 0 amide bonds. The van der Waals surface area contributed by atoms with Gasteiger partial charge < -0.3 is 10.3 Å². The van der Waals surface area contributed by atoms with Gasteiger partial charge in [0, 0.05) is 17.9 Å². The van der Waals surface area contributed by atoms with Crippen LogP contribution >= 0.6 is 11.8 Å². The normalized spacial score (nSPS) is 13.3. The van der Waals surface area contributed by atoms with Gasteiger partial charge in [0.15, 0.2) is 0 Å². The van der Waals surface area contributed by atoms with Gasteiger partial charge in [-0.05, 0) is 6.92 Å². The number of hydrogen-bond acceptors (Lipinski definition) is 4. The number of nitrogens with two attached hydrogens (primary N) is 1. The van der Waals surface area contributed by atoms with Gasteiger partial charge in [-0.3, -0.25) is 0 Å². The first-order valence-electron chi connectivity index (χ1n) is 3.52. The minimum Gasteiger partial charge on any atom is -0.361 e. The maximum Gasteiger partial charge on any atom is 0.146 e. The van der Waals surface area contributed by atoms with Crippen molar-refractivity contribution in [3.63, 3.8) is 0 Å². The first-order chi connectivity index (χ1) is 5.29. The molecule has 1 heterocycles. The van der Waals surface area contributed by atoms with Gasteiger partial charge in [-0.25, -0.2) is 0 Å². The van der Waals surface area contributed by atoms with Crippen LogP contribution in [0.3, 0.4) is 0 Å². The van der Waals surface area contributed by atoms with E-state index in [9.17, 15) is 0 Å². The van der Waals surface area contributed by atoms with E-state index in [4.69, 9.17) is 10.3 Å². The van der Waals surface area contributed by atoms with Crippen molar-refractivity contribution in [1.82, 2.24) is 5.16 Å². The summed E-state index contributed by atoms with van der Waals surface area (Å²) in [4.78, 5) is 0. The summed E-state index contributed by atoms with van der Waals surface area (Å²) in [6, 6.07) is 2.12. The molecule has 1 aromatic rings. The quantitative estimate of drug-likeness (QED) is 0.742. The van der Waals surface area contributed by atoms with E-state index in [1.54, 1.807) is 18.0 Å². The summed E-state index contributed by atoms with van der Waals surface area (Å²) >= 11 is 1.76. The number of hydrogen-bond donors (Lipinski definition) is 1. The van der Waals surface area contributed by atoms with Crippen molar-refractivity contribution >= 4 is 11.8 Å². The third-order valence-electron chi connectivity index (χ3n) is 1.12. The van der Waals surface area contributed by atoms with Gasteiger partial charge in [0.25, 0.3) is 0 Å². The molecule has 1 atom stereocenters. The predicted octanol–water partition coefficient (Wildman–Crippen LogP) is 1.26. The maximum atomic E-state index is 5.56. The van der Waals surface area contributed by atoms with Crippen molar-refractivity contribution in [2.24, 2.45) is 5.73 Å². The summed E-state index contributed by atoms with van der Waals surface area (Å²) in [6.07, 6.45) is 1.65. The first-order valence-corrected chi connectivity index (χ1v) is 4.67. The molecule has 0 aliphatic heterocycles. The van der Waals surface area contributed by atoms with Gasteiger partial charge in [-0.2, -0.15) is 11.8 Å². The summed E-state index contributed by atoms with van der Waals surface area (Å²) < 4.78 is 4.90. The summed E-state index contributed by atoms with van der Waals surface area (Å²) in [5, 5.41) is 3.60. The van der Waals surface area contributed by atoms with Crippen LogP contribution in [0.2, 0.25) is 0 Å². The second kappa shape index (κ2) is 4.41. The van der Waals surface area contributed by atoms with Gasteiger partial charge in [0.2, 0.25) is 0 Å². The SMILES string of the molecule is CC(N)CSCc1ccno1. The third-order valence-corrected chi connectivity index (χ3v) is 2.37. The Balaban J connectivity index is 2.14. The van der Waals surface area contributed by atoms with Gasteiger partial charge >= 0.3 is 0 Å². The van der Waals surface area contributed by atoms with Crippen molar-refractivity contribution < 1.29 is 4.52 Å². The Kier molecular flexibility index (Phi) is 3.45. The van der Waals surface area contributed by atoms with Crippen molar-refractivity contribution in [2.45, 2.75) is 18.7 Å². The standard InChI is InChI=1S/C7H12N2OS/c1-6(8)4-11-5-7-2-3-9-10-7/h2-3,6H,4-5,8H2,1H3. The van der Waals surface area contributed by atoms with E-state index in [1.165, 1.54) is 0 Å².